The van der Waals surface area contributed by atoms with Crippen molar-refractivity contribution in [2.24, 2.45) is 0 Å². The second kappa shape index (κ2) is 4.04. The van der Waals surface area contributed by atoms with E-state index >= 15 is 0 Å². The van der Waals surface area contributed by atoms with Gasteiger partial charge in [-0.3, -0.25) is 9.36 Å². The molecule has 1 fully saturated rings. The van der Waals surface area contributed by atoms with Gasteiger partial charge in [-0.1, -0.05) is 19.3 Å². The average molecular weight is 208 g/mol. The van der Waals surface area contributed by atoms with Crippen LogP contribution in [0.1, 0.15) is 44.0 Å². The fourth-order valence-corrected chi connectivity index (χ4v) is 2.37. The highest BCUT2D eigenvalue weighted by Crippen LogP contribution is 2.27. The summed E-state index contributed by atoms with van der Waals surface area (Å²) in [6.07, 6.45) is 5.71. The van der Waals surface area contributed by atoms with Gasteiger partial charge < -0.3 is 5.11 Å². The molecule has 0 saturated heterocycles. The second-order valence-electron chi connectivity index (χ2n) is 4.16. The SMILES string of the molecule is Cc1nc(O)cc(=O)n1C1CCCCC1. The number of aromatic nitrogens is 2. The van der Waals surface area contributed by atoms with Gasteiger partial charge in [0, 0.05) is 6.04 Å². The topological polar surface area (TPSA) is 55.1 Å². The Kier molecular flexibility index (Phi) is 2.75. The molecule has 0 atom stereocenters. The van der Waals surface area contributed by atoms with Gasteiger partial charge in [-0.2, -0.15) is 0 Å². The summed E-state index contributed by atoms with van der Waals surface area (Å²) >= 11 is 0. The van der Waals surface area contributed by atoms with Crippen LogP contribution in [-0.4, -0.2) is 14.7 Å². The van der Waals surface area contributed by atoms with Crippen LogP contribution in [0.2, 0.25) is 0 Å². The Morgan fingerprint density at radius 2 is 2.07 bits per heavy atom. The largest absolute Gasteiger partial charge is 0.493 e. The van der Waals surface area contributed by atoms with Crippen molar-refractivity contribution in [1.82, 2.24) is 9.55 Å². The first-order chi connectivity index (χ1) is 7.18. The Morgan fingerprint density at radius 1 is 1.40 bits per heavy atom. The van der Waals surface area contributed by atoms with Crippen molar-refractivity contribution in [3.05, 3.63) is 22.2 Å². The molecule has 0 unspecified atom stereocenters. The first-order valence-corrected chi connectivity index (χ1v) is 5.47. The van der Waals surface area contributed by atoms with Crippen molar-refractivity contribution < 1.29 is 5.11 Å². The minimum absolute atomic E-state index is 0.132. The summed E-state index contributed by atoms with van der Waals surface area (Å²) < 4.78 is 1.72. The first-order valence-electron chi connectivity index (χ1n) is 5.47. The minimum atomic E-state index is -0.176. The first kappa shape index (κ1) is 10.2. The number of nitrogens with zero attached hydrogens (tertiary/aromatic N) is 2. The Balaban J connectivity index is 2.38. The molecule has 0 bridgehead atoms. The quantitative estimate of drug-likeness (QED) is 0.765. The van der Waals surface area contributed by atoms with Gasteiger partial charge >= 0.3 is 0 Å². The third kappa shape index (κ3) is 2.03. The zero-order chi connectivity index (χ0) is 10.8. The zero-order valence-electron chi connectivity index (χ0n) is 8.94. The third-order valence-electron chi connectivity index (χ3n) is 3.05. The lowest BCUT2D eigenvalue weighted by Gasteiger charge is -2.25. The van der Waals surface area contributed by atoms with Crippen molar-refractivity contribution >= 4 is 0 Å². The van der Waals surface area contributed by atoms with Gasteiger partial charge in [-0.25, -0.2) is 4.98 Å². The summed E-state index contributed by atoms with van der Waals surface area (Å²) in [5.74, 6) is 0.441. The van der Waals surface area contributed by atoms with Crippen LogP contribution >= 0.6 is 0 Å². The molecular weight excluding hydrogens is 192 g/mol. The Bertz CT molecular complexity index is 406. The molecule has 1 aromatic rings. The highest BCUT2D eigenvalue weighted by atomic mass is 16.3. The molecule has 1 aromatic heterocycles. The van der Waals surface area contributed by atoms with Crippen LogP contribution in [0, 0.1) is 6.92 Å². The van der Waals surface area contributed by atoms with Crippen LogP contribution in [0.4, 0.5) is 0 Å². The predicted molar refractivity (Wildman–Crippen MR) is 57.0 cm³/mol. The van der Waals surface area contributed by atoms with Crippen molar-refractivity contribution in [3.63, 3.8) is 0 Å². The molecule has 4 nitrogen and oxygen atoms in total. The van der Waals surface area contributed by atoms with Crippen molar-refractivity contribution in [2.75, 3.05) is 0 Å². The van der Waals surface area contributed by atoms with Gasteiger partial charge in [-0.05, 0) is 19.8 Å². The van der Waals surface area contributed by atoms with Gasteiger partial charge in [0.2, 0.25) is 5.88 Å². The van der Waals surface area contributed by atoms with E-state index in [0.29, 0.717) is 5.82 Å². The Labute approximate surface area is 88.6 Å². The third-order valence-corrected chi connectivity index (χ3v) is 3.05. The van der Waals surface area contributed by atoms with E-state index in [0.717, 1.165) is 12.8 Å². The molecule has 4 heteroatoms. The smallest absolute Gasteiger partial charge is 0.257 e. The van der Waals surface area contributed by atoms with Crippen LogP contribution < -0.4 is 5.56 Å². The fourth-order valence-electron chi connectivity index (χ4n) is 2.37. The van der Waals surface area contributed by atoms with Gasteiger partial charge in [-0.15, -0.1) is 0 Å². The molecule has 1 aliphatic carbocycles. The molecule has 1 aliphatic rings. The number of hydrogen-bond donors (Lipinski definition) is 1. The normalized spacial score (nSPS) is 17.9. The van der Waals surface area contributed by atoms with Crippen LogP contribution in [0.15, 0.2) is 10.9 Å². The number of aryl methyl sites for hydroxylation is 1. The van der Waals surface area contributed by atoms with Crippen LogP contribution in [0.25, 0.3) is 0 Å². The van der Waals surface area contributed by atoms with Crippen LogP contribution in [0.3, 0.4) is 0 Å². The van der Waals surface area contributed by atoms with E-state index in [1.165, 1.54) is 25.3 Å². The van der Waals surface area contributed by atoms with E-state index in [2.05, 4.69) is 4.98 Å². The lowest BCUT2D eigenvalue weighted by molar-refractivity contribution is 0.333. The van der Waals surface area contributed by atoms with E-state index < -0.39 is 0 Å². The fraction of sp³-hybridized carbons (Fsp3) is 0.636. The maximum Gasteiger partial charge on any atom is 0.257 e. The second-order valence-corrected chi connectivity index (χ2v) is 4.16. The average Bonchev–Trinajstić information content (AvgIpc) is 2.17. The van der Waals surface area contributed by atoms with Gasteiger partial charge in [0.1, 0.15) is 5.82 Å². The maximum absolute atomic E-state index is 11.7. The molecule has 0 amide bonds. The van der Waals surface area contributed by atoms with Crippen molar-refractivity contribution in [3.8, 4) is 5.88 Å². The maximum atomic E-state index is 11.7. The van der Waals surface area contributed by atoms with E-state index in [4.69, 9.17) is 0 Å². The molecule has 0 radical (unpaired) electrons. The number of aromatic hydroxyl groups is 1. The highest BCUT2D eigenvalue weighted by Gasteiger charge is 2.18. The molecule has 2 rings (SSSR count). The number of hydrogen-bond acceptors (Lipinski definition) is 3. The highest BCUT2D eigenvalue weighted by molar-refractivity contribution is 5.08. The molecule has 1 saturated carbocycles. The minimum Gasteiger partial charge on any atom is -0.493 e. The summed E-state index contributed by atoms with van der Waals surface area (Å²) in [4.78, 5) is 15.7. The van der Waals surface area contributed by atoms with E-state index in [-0.39, 0.29) is 17.5 Å². The molecule has 15 heavy (non-hydrogen) atoms. The molecule has 82 valence electrons. The molecule has 0 aromatic carbocycles. The monoisotopic (exact) mass is 208 g/mol. The lowest BCUT2D eigenvalue weighted by atomic mass is 9.95. The molecule has 1 heterocycles. The number of rotatable bonds is 1. The molecule has 1 N–H and O–H groups in total. The van der Waals surface area contributed by atoms with E-state index in [1.807, 2.05) is 0 Å². The lowest BCUT2D eigenvalue weighted by Crippen LogP contribution is -2.28. The van der Waals surface area contributed by atoms with Gasteiger partial charge in [0.15, 0.2) is 0 Å². The summed E-state index contributed by atoms with van der Waals surface area (Å²) in [6, 6.07) is 1.47. The summed E-state index contributed by atoms with van der Waals surface area (Å²) in [7, 11) is 0. The van der Waals surface area contributed by atoms with Crippen LogP contribution in [0.5, 0.6) is 5.88 Å². The van der Waals surface area contributed by atoms with E-state index in [1.54, 1.807) is 11.5 Å². The Morgan fingerprint density at radius 3 is 2.67 bits per heavy atom. The summed E-state index contributed by atoms with van der Waals surface area (Å²) in [5, 5.41) is 9.19. The summed E-state index contributed by atoms with van der Waals surface area (Å²) in [5.41, 5.74) is -0.132. The van der Waals surface area contributed by atoms with Crippen LogP contribution in [-0.2, 0) is 0 Å². The van der Waals surface area contributed by atoms with Crippen molar-refractivity contribution in [1.29, 1.82) is 0 Å². The molecule has 0 spiro atoms. The standard InChI is InChI=1S/C11H16N2O2/c1-8-12-10(14)7-11(15)13(8)9-5-3-2-4-6-9/h7,9,14H,2-6H2,1H3. The zero-order valence-corrected chi connectivity index (χ0v) is 8.94. The van der Waals surface area contributed by atoms with Crippen molar-refractivity contribution in [2.45, 2.75) is 45.1 Å². The molecular formula is C11H16N2O2. The van der Waals surface area contributed by atoms with E-state index in [9.17, 15) is 9.90 Å². The molecule has 0 aliphatic heterocycles. The summed E-state index contributed by atoms with van der Waals surface area (Å²) in [6.45, 7) is 1.77. The predicted octanol–water partition coefficient (Wildman–Crippen LogP) is 1.76. The Hall–Kier alpha value is -1.32. The van der Waals surface area contributed by atoms with Gasteiger partial charge in [0.05, 0.1) is 6.07 Å². The van der Waals surface area contributed by atoms with Gasteiger partial charge in [0.25, 0.3) is 5.56 Å².